The third-order valence-corrected chi connectivity index (χ3v) is 5.47. The van der Waals surface area contributed by atoms with Crippen LogP contribution in [0.2, 0.25) is 0 Å². The molecule has 0 radical (unpaired) electrons. The van der Waals surface area contributed by atoms with E-state index in [1.54, 1.807) is 0 Å². The minimum absolute atomic E-state index is 0.0991. The van der Waals surface area contributed by atoms with Crippen LogP contribution in [0.1, 0.15) is 20.8 Å². The van der Waals surface area contributed by atoms with Crippen LogP contribution in [-0.2, 0) is 11.3 Å². The molecule has 2 heterocycles. The summed E-state index contributed by atoms with van der Waals surface area (Å²) in [5, 5.41) is 0.840. The minimum Gasteiger partial charge on any atom is -0.486 e. The van der Waals surface area contributed by atoms with Crippen LogP contribution in [0.4, 0.5) is 0 Å². The lowest BCUT2D eigenvalue weighted by Crippen LogP contribution is -2.33. The Morgan fingerprint density at radius 2 is 2.04 bits per heavy atom. The molecule has 0 saturated heterocycles. The van der Waals surface area contributed by atoms with E-state index in [1.165, 1.54) is 11.8 Å². The first-order valence-electron chi connectivity index (χ1n) is 9.54. The number of hydrogen-bond acceptors (Lipinski definition) is 5. The number of nitrogens with zero attached hydrogens (tertiary/aromatic N) is 3. The Labute approximate surface area is 170 Å². The fraction of sp³-hybridized carbons (Fsp3) is 0.429. The molecule has 0 fully saturated rings. The van der Waals surface area contributed by atoms with Gasteiger partial charge in [-0.1, -0.05) is 23.9 Å². The summed E-state index contributed by atoms with van der Waals surface area (Å²) in [4.78, 5) is 18.9. The zero-order valence-corrected chi connectivity index (χ0v) is 17.6. The van der Waals surface area contributed by atoms with Crippen LogP contribution < -0.4 is 9.47 Å². The van der Waals surface area contributed by atoms with Crippen LogP contribution in [0.5, 0.6) is 11.5 Å². The summed E-state index contributed by atoms with van der Waals surface area (Å²) in [7, 11) is 0. The predicted molar refractivity (Wildman–Crippen MR) is 112 cm³/mol. The van der Waals surface area contributed by atoms with Gasteiger partial charge in [0.15, 0.2) is 16.7 Å². The fourth-order valence-electron chi connectivity index (χ4n) is 3.13. The first-order valence-corrected chi connectivity index (χ1v) is 10.5. The summed E-state index contributed by atoms with van der Waals surface area (Å²) in [6.45, 7) is 13.1. The van der Waals surface area contributed by atoms with Gasteiger partial charge in [-0.05, 0) is 39.0 Å². The van der Waals surface area contributed by atoms with Crippen molar-refractivity contribution in [1.82, 2.24) is 14.5 Å². The maximum Gasteiger partial charge on any atom is 0.233 e. The van der Waals surface area contributed by atoms with Crippen molar-refractivity contribution < 1.29 is 14.3 Å². The molecular weight excluding hydrogens is 374 g/mol. The quantitative estimate of drug-likeness (QED) is 0.497. The summed E-state index contributed by atoms with van der Waals surface area (Å²) in [6.07, 6.45) is 1.85. The van der Waals surface area contributed by atoms with Gasteiger partial charge in [0.25, 0.3) is 0 Å². The van der Waals surface area contributed by atoms with Gasteiger partial charge in [0.05, 0.1) is 17.6 Å². The molecule has 0 aliphatic carbocycles. The predicted octanol–water partition coefficient (Wildman–Crippen LogP) is 3.86. The third kappa shape index (κ3) is 4.52. The molecule has 0 spiro atoms. The van der Waals surface area contributed by atoms with Crippen molar-refractivity contribution in [2.75, 3.05) is 32.1 Å². The highest BCUT2D eigenvalue weighted by Crippen LogP contribution is 2.35. The van der Waals surface area contributed by atoms with Crippen molar-refractivity contribution in [2.45, 2.75) is 32.5 Å². The molecule has 1 aromatic carbocycles. The lowest BCUT2D eigenvalue weighted by molar-refractivity contribution is -0.127. The number of fused-ring (bicyclic) bond motifs is 1. The van der Waals surface area contributed by atoms with Gasteiger partial charge < -0.3 is 18.9 Å². The van der Waals surface area contributed by atoms with Gasteiger partial charge in [-0.3, -0.25) is 4.79 Å². The number of benzene rings is 1. The number of ether oxygens (including phenoxy) is 2. The Morgan fingerprint density at radius 1 is 1.29 bits per heavy atom. The first kappa shape index (κ1) is 20.3. The molecule has 0 bridgehead atoms. The zero-order valence-electron chi connectivity index (χ0n) is 16.7. The molecule has 28 heavy (non-hydrogen) atoms. The highest BCUT2D eigenvalue weighted by molar-refractivity contribution is 7.99. The lowest BCUT2D eigenvalue weighted by Gasteiger charge is -2.21. The minimum atomic E-state index is 0.0991. The normalized spacial score (nSPS) is 12.7. The number of rotatable bonds is 8. The lowest BCUT2D eigenvalue weighted by atomic mass is 10.1. The van der Waals surface area contributed by atoms with E-state index in [-0.39, 0.29) is 5.91 Å². The Kier molecular flexibility index (Phi) is 6.67. The SMILES string of the molecule is C=C(C)CN(CC)C(=O)CSc1ncc(-c2ccc3c(c2)OCCO3)n1CC. The molecule has 1 amide bonds. The number of carbonyl (C=O) groups excluding carboxylic acids is 1. The molecule has 150 valence electrons. The summed E-state index contributed by atoms with van der Waals surface area (Å²) in [6, 6.07) is 5.94. The highest BCUT2D eigenvalue weighted by Gasteiger charge is 2.18. The Hall–Kier alpha value is -2.41. The van der Waals surface area contributed by atoms with Gasteiger partial charge in [0.1, 0.15) is 13.2 Å². The van der Waals surface area contributed by atoms with E-state index in [9.17, 15) is 4.79 Å². The highest BCUT2D eigenvalue weighted by atomic mass is 32.2. The second-order valence-electron chi connectivity index (χ2n) is 6.68. The molecule has 1 aromatic heterocycles. The molecule has 0 atom stereocenters. The molecule has 0 N–H and O–H groups in total. The van der Waals surface area contributed by atoms with E-state index >= 15 is 0 Å². The number of thioether (sulfide) groups is 1. The molecule has 7 heteroatoms. The maximum absolute atomic E-state index is 12.5. The zero-order chi connectivity index (χ0) is 20.1. The number of amides is 1. The smallest absolute Gasteiger partial charge is 0.233 e. The van der Waals surface area contributed by atoms with Gasteiger partial charge in [-0.25, -0.2) is 4.98 Å². The van der Waals surface area contributed by atoms with Crippen LogP contribution >= 0.6 is 11.8 Å². The van der Waals surface area contributed by atoms with Gasteiger partial charge >= 0.3 is 0 Å². The first-order chi connectivity index (χ1) is 13.5. The van der Waals surface area contributed by atoms with Crippen LogP contribution in [0.3, 0.4) is 0 Å². The van der Waals surface area contributed by atoms with Crippen LogP contribution in [0.15, 0.2) is 41.7 Å². The van der Waals surface area contributed by atoms with Crippen molar-refractivity contribution in [2.24, 2.45) is 0 Å². The number of likely N-dealkylation sites (N-methyl/N-ethyl adjacent to an activating group) is 1. The molecule has 0 saturated carbocycles. The number of carbonyl (C=O) groups is 1. The van der Waals surface area contributed by atoms with E-state index in [0.717, 1.165) is 40.0 Å². The summed E-state index contributed by atoms with van der Waals surface area (Å²) in [5.74, 6) is 1.99. The molecule has 6 nitrogen and oxygen atoms in total. The molecule has 1 aliphatic rings. The molecule has 3 rings (SSSR count). The van der Waals surface area contributed by atoms with E-state index in [4.69, 9.17) is 9.47 Å². The molecular formula is C21H27N3O3S. The monoisotopic (exact) mass is 401 g/mol. The van der Waals surface area contributed by atoms with Gasteiger partial charge in [0, 0.05) is 25.2 Å². The van der Waals surface area contributed by atoms with Crippen molar-refractivity contribution in [3.05, 3.63) is 36.5 Å². The van der Waals surface area contributed by atoms with Crippen LogP contribution in [0.25, 0.3) is 11.3 Å². The summed E-state index contributed by atoms with van der Waals surface area (Å²) >= 11 is 1.47. The van der Waals surface area contributed by atoms with Gasteiger partial charge in [-0.15, -0.1) is 0 Å². The average molecular weight is 402 g/mol. The van der Waals surface area contributed by atoms with Crippen LogP contribution in [0, 0.1) is 0 Å². The largest absolute Gasteiger partial charge is 0.486 e. The van der Waals surface area contributed by atoms with Crippen molar-refractivity contribution in [1.29, 1.82) is 0 Å². The Bertz CT molecular complexity index is 863. The molecule has 1 aliphatic heterocycles. The van der Waals surface area contributed by atoms with Crippen molar-refractivity contribution >= 4 is 17.7 Å². The summed E-state index contributed by atoms with van der Waals surface area (Å²) < 4.78 is 13.4. The Morgan fingerprint density at radius 3 is 2.71 bits per heavy atom. The third-order valence-electron chi connectivity index (χ3n) is 4.49. The topological polar surface area (TPSA) is 56.6 Å². The second kappa shape index (κ2) is 9.19. The molecule has 2 aromatic rings. The standard InChI is InChI=1S/C21H27N3O3S/c1-5-23(13-15(3)4)20(25)14-28-21-22-12-17(24(21)6-2)16-7-8-18-19(11-16)27-10-9-26-18/h7-8,11-12H,3,5-6,9-10,13-14H2,1-2,4H3. The van der Waals surface area contributed by atoms with E-state index in [0.29, 0.717) is 32.1 Å². The maximum atomic E-state index is 12.5. The fourth-order valence-corrected chi connectivity index (χ4v) is 4.08. The van der Waals surface area contributed by atoms with Gasteiger partial charge in [-0.2, -0.15) is 0 Å². The van der Waals surface area contributed by atoms with Gasteiger partial charge in [0.2, 0.25) is 5.91 Å². The number of aromatic nitrogens is 2. The second-order valence-corrected chi connectivity index (χ2v) is 7.62. The van der Waals surface area contributed by atoms with E-state index in [1.807, 2.05) is 43.1 Å². The van der Waals surface area contributed by atoms with E-state index < -0.39 is 0 Å². The number of hydrogen-bond donors (Lipinski definition) is 0. The van der Waals surface area contributed by atoms with Crippen LogP contribution in [-0.4, -0.2) is 52.4 Å². The van der Waals surface area contributed by atoms with Crippen molar-refractivity contribution in [3.63, 3.8) is 0 Å². The Balaban J connectivity index is 1.75. The molecule has 0 unspecified atom stereocenters. The van der Waals surface area contributed by atoms with Crippen molar-refractivity contribution in [3.8, 4) is 22.8 Å². The number of imidazole rings is 1. The summed E-state index contributed by atoms with van der Waals surface area (Å²) in [5.41, 5.74) is 3.01. The average Bonchev–Trinajstić information content (AvgIpc) is 3.12. The van der Waals surface area contributed by atoms with E-state index in [2.05, 4.69) is 23.1 Å².